The van der Waals surface area contributed by atoms with E-state index in [1.807, 2.05) is 26.8 Å². The van der Waals surface area contributed by atoms with Gasteiger partial charge in [0, 0.05) is 29.0 Å². The summed E-state index contributed by atoms with van der Waals surface area (Å²) in [5.41, 5.74) is 0.102. The number of methoxy groups -OCH3 is 1. The van der Waals surface area contributed by atoms with Crippen molar-refractivity contribution in [2.75, 3.05) is 20.2 Å². The molecule has 1 fully saturated rings. The van der Waals surface area contributed by atoms with Crippen LogP contribution in [0.4, 0.5) is 4.79 Å². The average molecular weight is 414 g/mol. The van der Waals surface area contributed by atoms with Crippen molar-refractivity contribution in [3.63, 3.8) is 0 Å². The number of rotatable bonds is 3. The van der Waals surface area contributed by atoms with Crippen molar-refractivity contribution in [2.24, 2.45) is 5.92 Å². The quantitative estimate of drug-likeness (QED) is 0.764. The van der Waals surface area contributed by atoms with Crippen LogP contribution in [-0.2, 0) is 14.3 Å². The Labute approximate surface area is 156 Å². The second-order valence-electron chi connectivity index (χ2n) is 7.20. The Morgan fingerprint density at radius 1 is 1.32 bits per heavy atom. The molecule has 6 nitrogen and oxygen atoms in total. The number of halogens is 1. The number of carbonyl (C=O) groups excluding carboxylic acids is 2. The first-order valence-corrected chi connectivity index (χ1v) is 8.93. The van der Waals surface area contributed by atoms with E-state index in [4.69, 9.17) is 9.47 Å². The number of aromatic hydroxyl groups is 1. The van der Waals surface area contributed by atoms with Crippen LogP contribution >= 0.6 is 15.9 Å². The van der Waals surface area contributed by atoms with E-state index in [-0.39, 0.29) is 30.0 Å². The monoisotopic (exact) mass is 413 g/mol. The summed E-state index contributed by atoms with van der Waals surface area (Å²) in [5, 5.41) is 10.3. The van der Waals surface area contributed by atoms with Gasteiger partial charge in [-0.2, -0.15) is 0 Å². The first-order chi connectivity index (χ1) is 11.6. The summed E-state index contributed by atoms with van der Waals surface area (Å²) in [7, 11) is 1.34. The smallest absolute Gasteiger partial charge is 0.410 e. The highest BCUT2D eigenvalue weighted by molar-refractivity contribution is 9.10. The summed E-state index contributed by atoms with van der Waals surface area (Å²) >= 11 is 3.46. The van der Waals surface area contributed by atoms with Crippen LogP contribution in [0.15, 0.2) is 22.7 Å². The van der Waals surface area contributed by atoms with Gasteiger partial charge < -0.3 is 19.5 Å². The van der Waals surface area contributed by atoms with Crippen LogP contribution in [-0.4, -0.2) is 47.9 Å². The van der Waals surface area contributed by atoms with Crippen molar-refractivity contribution in [3.05, 3.63) is 28.2 Å². The minimum absolute atomic E-state index is 0.139. The van der Waals surface area contributed by atoms with Gasteiger partial charge in [-0.15, -0.1) is 0 Å². The maximum atomic E-state index is 12.4. The molecule has 1 N–H and O–H groups in total. The van der Waals surface area contributed by atoms with Crippen molar-refractivity contribution in [2.45, 2.75) is 38.7 Å². The van der Waals surface area contributed by atoms with Gasteiger partial charge in [0.15, 0.2) is 0 Å². The molecule has 0 radical (unpaired) electrons. The third-order valence-electron chi connectivity index (χ3n) is 4.15. The minimum atomic E-state index is -0.595. The normalized spacial score (nSPS) is 20.4. The van der Waals surface area contributed by atoms with E-state index >= 15 is 0 Å². The molecule has 1 saturated heterocycles. The molecule has 1 aliphatic rings. The van der Waals surface area contributed by atoms with Gasteiger partial charge in [-0.1, -0.05) is 22.0 Å². The topological polar surface area (TPSA) is 76.1 Å². The van der Waals surface area contributed by atoms with Crippen LogP contribution in [0.1, 0.15) is 38.7 Å². The first-order valence-electron chi connectivity index (χ1n) is 8.14. The molecule has 0 spiro atoms. The minimum Gasteiger partial charge on any atom is -0.508 e. The molecule has 1 aromatic carbocycles. The Kier molecular flexibility index (Phi) is 5.98. The van der Waals surface area contributed by atoms with Gasteiger partial charge in [0.1, 0.15) is 11.4 Å². The van der Waals surface area contributed by atoms with E-state index in [2.05, 4.69) is 15.9 Å². The number of hydrogen-bond donors (Lipinski definition) is 1. The number of amides is 1. The van der Waals surface area contributed by atoms with E-state index < -0.39 is 11.7 Å². The molecule has 1 amide bonds. The molecule has 0 aromatic heterocycles. The van der Waals surface area contributed by atoms with E-state index in [0.29, 0.717) is 18.7 Å². The van der Waals surface area contributed by atoms with Gasteiger partial charge in [-0.05, 0) is 38.8 Å². The molecule has 2 atom stereocenters. The number of esters is 1. The second kappa shape index (κ2) is 7.64. The van der Waals surface area contributed by atoms with Crippen LogP contribution in [0, 0.1) is 5.92 Å². The largest absolute Gasteiger partial charge is 0.508 e. The van der Waals surface area contributed by atoms with Crippen LogP contribution in [0.5, 0.6) is 5.75 Å². The zero-order chi connectivity index (χ0) is 18.8. The molecule has 0 aliphatic carbocycles. The van der Waals surface area contributed by atoms with Gasteiger partial charge in [-0.25, -0.2) is 4.79 Å². The molecule has 1 heterocycles. The summed E-state index contributed by atoms with van der Waals surface area (Å²) < 4.78 is 11.0. The highest BCUT2D eigenvalue weighted by Crippen LogP contribution is 2.42. The maximum Gasteiger partial charge on any atom is 0.410 e. The van der Waals surface area contributed by atoms with Gasteiger partial charge in [-0.3, -0.25) is 4.79 Å². The molecule has 1 aromatic rings. The Hall–Kier alpha value is -1.76. The number of likely N-dealkylation sites (tertiary alicyclic amines) is 1. The molecular formula is C18H24BrNO5. The number of phenols is 1. The number of hydrogen-bond acceptors (Lipinski definition) is 5. The Bertz CT molecular complexity index is 635. The lowest BCUT2D eigenvalue weighted by atomic mass is 9.86. The molecule has 25 heavy (non-hydrogen) atoms. The molecule has 7 heteroatoms. The fourth-order valence-electron chi connectivity index (χ4n) is 3.07. The predicted molar refractivity (Wildman–Crippen MR) is 96.5 cm³/mol. The van der Waals surface area contributed by atoms with Crippen molar-refractivity contribution in [3.8, 4) is 5.75 Å². The Morgan fingerprint density at radius 3 is 2.56 bits per heavy atom. The van der Waals surface area contributed by atoms with Crippen molar-refractivity contribution >= 4 is 28.0 Å². The van der Waals surface area contributed by atoms with Gasteiger partial charge in [0.05, 0.1) is 13.5 Å². The summed E-state index contributed by atoms with van der Waals surface area (Å²) in [6, 6.07) is 5.17. The van der Waals surface area contributed by atoms with Crippen molar-refractivity contribution < 1.29 is 24.2 Å². The van der Waals surface area contributed by atoms with Gasteiger partial charge >= 0.3 is 12.1 Å². The zero-order valence-electron chi connectivity index (χ0n) is 14.9. The molecular weight excluding hydrogens is 390 g/mol. The van der Waals surface area contributed by atoms with Crippen molar-refractivity contribution in [1.29, 1.82) is 0 Å². The highest BCUT2D eigenvalue weighted by atomic mass is 79.9. The maximum absolute atomic E-state index is 12.4. The number of ether oxygens (including phenoxy) is 2. The SMILES string of the molecule is COC(=O)CC1CN(C(=O)OC(C)(C)C)CC1c1c(O)cccc1Br. The third kappa shape index (κ3) is 4.87. The standard InChI is InChI=1S/C18H24BrNO5/c1-18(2,3)25-17(23)20-9-11(8-15(22)24-4)12(10-20)16-13(19)6-5-7-14(16)21/h5-7,11-12,21H,8-10H2,1-4H3. The van der Waals surface area contributed by atoms with Gasteiger partial charge in [0.25, 0.3) is 0 Å². The number of phenolic OH excluding ortho intramolecular Hbond substituents is 1. The summed E-state index contributed by atoms with van der Waals surface area (Å²) in [5.74, 6) is -0.556. The zero-order valence-corrected chi connectivity index (χ0v) is 16.5. The second-order valence-corrected chi connectivity index (χ2v) is 8.06. The van der Waals surface area contributed by atoms with Crippen molar-refractivity contribution in [1.82, 2.24) is 4.90 Å². The lowest BCUT2D eigenvalue weighted by molar-refractivity contribution is -0.141. The Balaban J connectivity index is 2.28. The number of carbonyl (C=O) groups is 2. The van der Waals surface area contributed by atoms with Crippen LogP contribution in [0.2, 0.25) is 0 Å². The first kappa shape index (κ1) is 19.6. The third-order valence-corrected chi connectivity index (χ3v) is 4.84. The van der Waals surface area contributed by atoms with Crippen LogP contribution in [0.3, 0.4) is 0 Å². The molecule has 138 valence electrons. The molecule has 0 saturated carbocycles. The van der Waals surface area contributed by atoms with E-state index in [1.165, 1.54) is 7.11 Å². The van der Waals surface area contributed by atoms with E-state index in [1.54, 1.807) is 17.0 Å². The average Bonchev–Trinajstić information content (AvgIpc) is 2.89. The van der Waals surface area contributed by atoms with E-state index in [0.717, 1.165) is 4.47 Å². The highest BCUT2D eigenvalue weighted by Gasteiger charge is 2.40. The molecule has 0 bridgehead atoms. The van der Waals surface area contributed by atoms with Crippen LogP contribution < -0.4 is 0 Å². The fourth-order valence-corrected chi connectivity index (χ4v) is 3.72. The van der Waals surface area contributed by atoms with E-state index in [9.17, 15) is 14.7 Å². The predicted octanol–water partition coefficient (Wildman–Crippen LogP) is 3.67. The summed E-state index contributed by atoms with van der Waals surface area (Å²) in [6.07, 6.45) is -0.252. The molecule has 2 unspecified atom stereocenters. The van der Waals surface area contributed by atoms with Crippen LogP contribution in [0.25, 0.3) is 0 Å². The lowest BCUT2D eigenvalue weighted by Gasteiger charge is -2.24. The number of nitrogens with zero attached hydrogens (tertiary/aromatic N) is 1. The summed E-state index contributed by atoms with van der Waals surface area (Å²) in [4.78, 5) is 25.8. The number of benzene rings is 1. The lowest BCUT2D eigenvalue weighted by Crippen LogP contribution is -2.35. The summed E-state index contributed by atoms with van der Waals surface area (Å²) in [6.45, 7) is 6.17. The van der Waals surface area contributed by atoms with Gasteiger partial charge in [0.2, 0.25) is 0 Å². The molecule has 2 rings (SSSR count). The Morgan fingerprint density at radius 2 is 2.00 bits per heavy atom. The fraction of sp³-hybridized carbons (Fsp3) is 0.556. The molecule has 1 aliphatic heterocycles.